The smallest absolute Gasteiger partial charge is 0.256 e. The lowest BCUT2D eigenvalue weighted by molar-refractivity contribution is 0.222. The summed E-state index contributed by atoms with van der Waals surface area (Å²) in [4.78, 5) is 7.25. The van der Waals surface area contributed by atoms with Crippen LogP contribution in [0.4, 0.5) is 51.4 Å². The lowest BCUT2D eigenvalue weighted by Gasteiger charge is -2.44. The van der Waals surface area contributed by atoms with E-state index in [0.717, 1.165) is 68.2 Å². The van der Waals surface area contributed by atoms with Gasteiger partial charge in [0.2, 0.25) is 0 Å². The highest BCUT2D eigenvalue weighted by atomic mass is 16.5. The number of furan rings is 1. The Morgan fingerprint density at radius 1 is 0.516 bits per heavy atom. The summed E-state index contributed by atoms with van der Waals surface area (Å²) in [5.41, 5.74) is 17.0. The third kappa shape index (κ3) is 6.08. The first kappa shape index (κ1) is 38.0. The van der Waals surface area contributed by atoms with Gasteiger partial charge in [0, 0.05) is 45.4 Å². The summed E-state index contributed by atoms with van der Waals surface area (Å²) in [5, 5.41) is 0. The minimum Gasteiger partial charge on any atom is -0.484 e. The molecule has 9 aromatic rings. The molecule has 0 radical (unpaired) electrons. The van der Waals surface area contributed by atoms with Gasteiger partial charge in [0.25, 0.3) is 6.71 Å². The van der Waals surface area contributed by atoms with Crippen molar-refractivity contribution in [1.29, 1.82) is 0 Å². The topological polar surface area (TPSA) is 32.1 Å². The molecular formula is C58H46BN3O2. The van der Waals surface area contributed by atoms with Crippen LogP contribution >= 0.6 is 0 Å². The largest absolute Gasteiger partial charge is 0.484 e. The Morgan fingerprint density at radius 3 is 1.67 bits per heavy atom. The number of anilines is 9. The van der Waals surface area contributed by atoms with Crippen LogP contribution in [0.5, 0.6) is 5.75 Å². The molecule has 3 aliphatic heterocycles. The van der Waals surface area contributed by atoms with Gasteiger partial charge in [-0.1, -0.05) is 154 Å². The molecule has 0 fully saturated rings. The van der Waals surface area contributed by atoms with Gasteiger partial charge in [-0.05, 0) is 111 Å². The van der Waals surface area contributed by atoms with Crippen molar-refractivity contribution in [3.05, 3.63) is 235 Å². The van der Waals surface area contributed by atoms with Crippen LogP contribution in [0.3, 0.4) is 0 Å². The number of nitrogens with zero attached hydrogens (tertiary/aromatic N) is 3. The van der Waals surface area contributed by atoms with E-state index in [9.17, 15) is 0 Å². The molecule has 0 bridgehead atoms. The van der Waals surface area contributed by atoms with Crippen LogP contribution in [0.2, 0.25) is 0 Å². The fourth-order valence-corrected chi connectivity index (χ4v) is 10.4. The molecule has 0 amide bonds. The molecule has 2 atom stereocenters. The van der Waals surface area contributed by atoms with Crippen LogP contribution in [-0.2, 0) is 5.41 Å². The highest BCUT2D eigenvalue weighted by Crippen LogP contribution is 2.57. The van der Waals surface area contributed by atoms with E-state index >= 15 is 0 Å². The fraction of sp³-hybridized carbons (Fsp3) is 0.103. The monoisotopic (exact) mass is 827 g/mol. The molecule has 2 unspecified atom stereocenters. The van der Waals surface area contributed by atoms with Crippen molar-refractivity contribution in [2.24, 2.45) is 0 Å². The van der Waals surface area contributed by atoms with E-state index in [1.165, 1.54) is 27.6 Å². The van der Waals surface area contributed by atoms with Crippen LogP contribution in [0.1, 0.15) is 55.0 Å². The van der Waals surface area contributed by atoms with Crippen molar-refractivity contribution < 1.29 is 9.15 Å². The van der Waals surface area contributed by atoms with E-state index in [1.54, 1.807) is 0 Å². The van der Waals surface area contributed by atoms with E-state index in [2.05, 4.69) is 242 Å². The van der Waals surface area contributed by atoms with Crippen LogP contribution in [0.15, 0.2) is 217 Å². The van der Waals surface area contributed by atoms with Crippen molar-refractivity contribution in [3.63, 3.8) is 0 Å². The zero-order valence-electron chi connectivity index (χ0n) is 36.1. The number of hydrogen-bond acceptors (Lipinski definition) is 5. The maximum atomic E-state index is 7.18. The summed E-state index contributed by atoms with van der Waals surface area (Å²) < 4.78 is 13.9. The molecule has 0 saturated carbocycles. The van der Waals surface area contributed by atoms with Crippen LogP contribution in [-0.4, -0.2) is 6.71 Å². The van der Waals surface area contributed by atoms with Crippen LogP contribution in [0, 0.1) is 0 Å². The van der Waals surface area contributed by atoms with Gasteiger partial charge in [0.15, 0.2) is 5.88 Å². The Labute approximate surface area is 375 Å². The second-order valence-corrected chi connectivity index (χ2v) is 18.1. The number of rotatable bonds is 7. The number of benzene rings is 8. The molecular weight excluding hydrogens is 781 g/mol. The number of fused-ring (bicyclic) bond motifs is 6. The Hall–Kier alpha value is -7.70. The van der Waals surface area contributed by atoms with Crippen molar-refractivity contribution in [3.8, 4) is 5.75 Å². The quantitative estimate of drug-likeness (QED) is 0.149. The summed E-state index contributed by atoms with van der Waals surface area (Å²) in [6.45, 7) is 6.66. The minimum atomic E-state index is -0.222. The van der Waals surface area contributed by atoms with Gasteiger partial charge in [-0.3, -0.25) is 4.90 Å². The standard InChI is InChI=1S/C58H46BN3O2/c1-58(2,3)41-29-31-45(32-30-41)62-50-38-46(60(42-23-13-6-14-24-42)43-25-15-7-16-26-43)37-49-54(50)59(48-35-36-63-57(48)62)47-33-34-51-53(55(47)61(49)44-27-17-8-18-28-44)52(39-19-9-4-10-20-39)56(64-51)40-21-11-5-12-22-40/h4-38,52,56H,1-3H3. The van der Waals surface area contributed by atoms with Crippen molar-refractivity contribution in [2.45, 2.75) is 38.2 Å². The number of hydrogen-bond donors (Lipinski definition) is 0. The van der Waals surface area contributed by atoms with Gasteiger partial charge in [0.05, 0.1) is 17.9 Å². The molecule has 308 valence electrons. The Morgan fingerprint density at radius 2 is 1.06 bits per heavy atom. The molecule has 6 heteroatoms. The van der Waals surface area contributed by atoms with Gasteiger partial charge in [0.1, 0.15) is 11.9 Å². The highest BCUT2D eigenvalue weighted by molar-refractivity contribution is 7.00. The molecule has 0 N–H and O–H groups in total. The summed E-state index contributed by atoms with van der Waals surface area (Å²) in [5.74, 6) is 1.65. The predicted molar refractivity (Wildman–Crippen MR) is 264 cm³/mol. The Kier molecular flexibility index (Phi) is 8.90. The predicted octanol–water partition coefficient (Wildman–Crippen LogP) is 13.4. The Bertz CT molecular complexity index is 3090. The number of para-hydroxylation sites is 3. The third-order valence-corrected chi connectivity index (χ3v) is 13.3. The second kappa shape index (κ2) is 15.0. The van der Waals surface area contributed by atoms with Gasteiger partial charge >= 0.3 is 0 Å². The molecule has 0 aliphatic carbocycles. The van der Waals surface area contributed by atoms with Crippen molar-refractivity contribution in [2.75, 3.05) is 14.7 Å². The zero-order valence-corrected chi connectivity index (χ0v) is 36.1. The van der Waals surface area contributed by atoms with Crippen LogP contribution in [0.25, 0.3) is 0 Å². The maximum absolute atomic E-state index is 7.18. The summed E-state index contributed by atoms with van der Waals surface area (Å²) in [6, 6.07) is 74.4. The molecule has 3 aliphatic rings. The molecule has 64 heavy (non-hydrogen) atoms. The summed E-state index contributed by atoms with van der Waals surface area (Å²) >= 11 is 0. The van der Waals surface area contributed by atoms with E-state index in [-0.39, 0.29) is 24.1 Å². The second-order valence-electron chi connectivity index (χ2n) is 18.1. The summed E-state index contributed by atoms with van der Waals surface area (Å²) in [7, 11) is 0. The Balaban J connectivity index is 1.18. The molecule has 0 spiro atoms. The third-order valence-electron chi connectivity index (χ3n) is 13.3. The minimum absolute atomic E-state index is 0.00725. The number of ether oxygens (including phenoxy) is 1. The van der Waals surface area contributed by atoms with E-state index in [0.29, 0.717) is 0 Å². The molecule has 5 nitrogen and oxygen atoms in total. The van der Waals surface area contributed by atoms with E-state index in [4.69, 9.17) is 9.15 Å². The van der Waals surface area contributed by atoms with E-state index < -0.39 is 0 Å². The SMILES string of the molecule is CC(C)(C)c1ccc(N2c3cc(N(c4ccccc4)c4ccccc4)cc4c3B(c3ccoc32)c2ccc3c(c2N4c2ccccc2)C(c2ccccc2)C(c2ccccc2)O3)cc1. The lowest BCUT2D eigenvalue weighted by Crippen LogP contribution is -2.61. The first-order valence-electron chi connectivity index (χ1n) is 22.3. The van der Waals surface area contributed by atoms with Gasteiger partial charge < -0.3 is 19.0 Å². The molecule has 12 rings (SSSR count). The highest BCUT2D eigenvalue weighted by Gasteiger charge is 2.49. The van der Waals surface area contributed by atoms with Crippen molar-refractivity contribution >= 4 is 74.5 Å². The summed E-state index contributed by atoms with van der Waals surface area (Å²) in [6.07, 6.45) is 1.64. The maximum Gasteiger partial charge on any atom is 0.256 e. The zero-order chi connectivity index (χ0) is 42.9. The van der Waals surface area contributed by atoms with Gasteiger partial charge in [-0.15, -0.1) is 0 Å². The molecule has 4 heterocycles. The normalized spacial score (nSPS) is 15.8. The lowest BCUT2D eigenvalue weighted by atomic mass is 9.33. The molecule has 1 aromatic heterocycles. The van der Waals surface area contributed by atoms with Crippen molar-refractivity contribution in [1.82, 2.24) is 0 Å². The fourth-order valence-electron chi connectivity index (χ4n) is 10.4. The van der Waals surface area contributed by atoms with Gasteiger partial charge in [-0.2, -0.15) is 0 Å². The van der Waals surface area contributed by atoms with E-state index in [1.807, 2.05) is 6.26 Å². The average molecular weight is 828 g/mol. The van der Waals surface area contributed by atoms with Crippen LogP contribution < -0.4 is 35.8 Å². The molecule has 0 saturated heterocycles. The van der Waals surface area contributed by atoms with Gasteiger partial charge in [-0.25, -0.2) is 0 Å². The average Bonchev–Trinajstić information content (AvgIpc) is 3.99. The first-order valence-corrected chi connectivity index (χ1v) is 22.3. The first-order chi connectivity index (χ1) is 31.4. The molecule has 8 aromatic carbocycles.